The Balaban J connectivity index is 1.62. The largest absolute Gasteiger partial charge is 0.276 e. The van der Waals surface area contributed by atoms with Crippen LogP contribution in [-0.4, -0.2) is 4.90 Å². The maximum Gasteiger partial charge on any atom is 0.0696 e. The molecule has 182 valence electrons. The van der Waals surface area contributed by atoms with Crippen LogP contribution in [0.5, 0.6) is 0 Å². The summed E-state index contributed by atoms with van der Waals surface area (Å²) in [7, 11) is 0. The second-order valence-corrected chi connectivity index (χ2v) is 9.59. The van der Waals surface area contributed by atoms with Crippen molar-refractivity contribution in [2.24, 2.45) is 0 Å². The van der Waals surface area contributed by atoms with E-state index in [1.54, 1.807) is 0 Å². The molecule has 2 atom stereocenters. The average Bonchev–Trinajstić information content (AvgIpc) is 3.32. The fourth-order valence-electron chi connectivity index (χ4n) is 5.47. The highest BCUT2D eigenvalue weighted by Gasteiger charge is 2.42. The number of nitrogens with zero attached hydrogens (tertiary/aromatic N) is 1. The van der Waals surface area contributed by atoms with Crippen LogP contribution in [0.15, 0.2) is 157 Å². The summed E-state index contributed by atoms with van der Waals surface area (Å²) in [6, 6.07) is 53.7. The van der Waals surface area contributed by atoms with Crippen LogP contribution in [0.2, 0.25) is 0 Å². The van der Waals surface area contributed by atoms with Crippen molar-refractivity contribution >= 4 is 5.57 Å². The van der Waals surface area contributed by atoms with Gasteiger partial charge in [0.05, 0.1) is 12.1 Å². The molecule has 0 fully saturated rings. The highest BCUT2D eigenvalue weighted by molar-refractivity contribution is 5.81. The summed E-state index contributed by atoms with van der Waals surface area (Å²) < 4.78 is 0. The Morgan fingerprint density at radius 1 is 0.474 bits per heavy atom. The molecule has 1 heteroatoms. The van der Waals surface area contributed by atoms with E-state index in [-0.39, 0.29) is 12.1 Å². The monoisotopic (exact) mass is 487 g/mol. The van der Waals surface area contributed by atoms with E-state index in [0.717, 1.165) is 17.7 Å². The quantitative estimate of drug-likeness (QED) is 0.225. The zero-order valence-electron chi connectivity index (χ0n) is 21.2. The molecule has 1 nitrogen and oxygen atoms in total. The summed E-state index contributed by atoms with van der Waals surface area (Å²) in [5.41, 5.74) is 8.51. The van der Waals surface area contributed by atoms with Gasteiger partial charge >= 0.3 is 0 Å². The van der Waals surface area contributed by atoms with Gasteiger partial charge in [0.2, 0.25) is 0 Å². The van der Waals surface area contributed by atoms with Crippen molar-refractivity contribution in [2.75, 3.05) is 0 Å². The molecule has 0 amide bonds. The Morgan fingerprint density at radius 3 is 1.53 bits per heavy atom. The average molecular weight is 488 g/mol. The van der Waals surface area contributed by atoms with Crippen molar-refractivity contribution in [1.82, 2.24) is 4.90 Å². The molecule has 1 heterocycles. The van der Waals surface area contributed by atoms with E-state index < -0.39 is 0 Å². The van der Waals surface area contributed by atoms with Crippen LogP contribution in [-0.2, 0) is 6.54 Å². The van der Waals surface area contributed by atoms with Gasteiger partial charge in [-0.1, -0.05) is 151 Å². The molecule has 38 heavy (non-hydrogen) atoms. The molecular weight excluding hydrogens is 458 g/mol. The van der Waals surface area contributed by atoms with Crippen LogP contribution in [0, 0.1) is 11.8 Å². The highest BCUT2D eigenvalue weighted by atomic mass is 15.2. The first-order chi connectivity index (χ1) is 18.9. The van der Waals surface area contributed by atoms with Gasteiger partial charge in [0.15, 0.2) is 0 Å². The lowest BCUT2D eigenvalue weighted by molar-refractivity contribution is 0.202. The fraction of sp³-hybridized carbons (Fsp3) is 0.0811. The van der Waals surface area contributed by atoms with E-state index in [9.17, 15) is 0 Å². The Bertz CT molecular complexity index is 1560. The van der Waals surface area contributed by atoms with E-state index in [0.29, 0.717) is 0 Å². The van der Waals surface area contributed by atoms with E-state index in [2.05, 4.69) is 150 Å². The summed E-state index contributed by atoms with van der Waals surface area (Å²) in [6.07, 6.45) is 0. The maximum absolute atomic E-state index is 3.70. The summed E-state index contributed by atoms with van der Waals surface area (Å²) in [5.74, 6) is 7.21. The summed E-state index contributed by atoms with van der Waals surface area (Å²) >= 11 is 0. The number of hydrogen-bond donors (Lipinski definition) is 0. The van der Waals surface area contributed by atoms with Crippen LogP contribution in [0.3, 0.4) is 0 Å². The standard InChI is InChI=1S/C37H29N/c1-6-16-29(17-7-1)26-27-34-35(31-20-10-3-11-21-31)37(33-24-14-5-15-25-33)38(28-30-18-8-2-9-19-30)36(34)32-22-12-4-13-23-32/h1-25,36-37H,28H2/t36-,37+/m0/s1. The Kier molecular flexibility index (Phi) is 6.98. The molecule has 0 saturated carbocycles. The van der Waals surface area contributed by atoms with Crippen molar-refractivity contribution in [3.8, 4) is 11.8 Å². The maximum atomic E-state index is 3.70. The predicted octanol–water partition coefficient (Wildman–Crippen LogP) is 8.49. The summed E-state index contributed by atoms with van der Waals surface area (Å²) in [6.45, 7) is 0.812. The Morgan fingerprint density at radius 2 is 0.947 bits per heavy atom. The topological polar surface area (TPSA) is 3.24 Å². The number of benzene rings is 5. The normalized spacial score (nSPS) is 17.2. The van der Waals surface area contributed by atoms with E-state index in [1.807, 2.05) is 18.2 Å². The molecule has 0 aromatic heterocycles. The zero-order chi connectivity index (χ0) is 25.6. The van der Waals surface area contributed by atoms with Crippen LogP contribution in [0.25, 0.3) is 5.57 Å². The fourth-order valence-corrected chi connectivity index (χ4v) is 5.47. The second-order valence-electron chi connectivity index (χ2n) is 9.59. The van der Waals surface area contributed by atoms with E-state index >= 15 is 0 Å². The minimum Gasteiger partial charge on any atom is -0.276 e. The smallest absolute Gasteiger partial charge is 0.0696 e. The molecule has 0 aliphatic carbocycles. The third kappa shape index (κ3) is 4.96. The predicted molar refractivity (Wildman–Crippen MR) is 157 cm³/mol. The Labute approximate surface area is 225 Å². The highest BCUT2D eigenvalue weighted by Crippen LogP contribution is 2.52. The minimum atomic E-state index is 0.0213. The molecule has 0 bridgehead atoms. The zero-order valence-corrected chi connectivity index (χ0v) is 21.2. The van der Waals surface area contributed by atoms with Crippen LogP contribution in [0.4, 0.5) is 0 Å². The third-order valence-electron chi connectivity index (χ3n) is 7.14. The van der Waals surface area contributed by atoms with Crippen LogP contribution >= 0.6 is 0 Å². The lowest BCUT2D eigenvalue weighted by Gasteiger charge is -2.33. The van der Waals surface area contributed by atoms with Gasteiger partial charge in [-0.05, 0) is 40.0 Å². The van der Waals surface area contributed by atoms with Gasteiger partial charge in [0, 0.05) is 17.7 Å². The molecule has 6 rings (SSSR count). The molecule has 1 aliphatic rings. The van der Waals surface area contributed by atoms with Gasteiger partial charge in [0.1, 0.15) is 0 Å². The number of rotatable bonds is 5. The molecule has 5 aromatic rings. The van der Waals surface area contributed by atoms with Gasteiger partial charge < -0.3 is 0 Å². The third-order valence-corrected chi connectivity index (χ3v) is 7.14. The molecule has 0 unspecified atom stereocenters. The lowest BCUT2D eigenvalue weighted by Crippen LogP contribution is -2.28. The first-order valence-corrected chi connectivity index (χ1v) is 13.1. The molecule has 5 aromatic carbocycles. The van der Waals surface area contributed by atoms with Gasteiger partial charge in [-0.2, -0.15) is 0 Å². The molecular formula is C37H29N. The first kappa shape index (κ1) is 23.7. The van der Waals surface area contributed by atoms with Crippen molar-refractivity contribution < 1.29 is 0 Å². The second kappa shape index (κ2) is 11.2. The van der Waals surface area contributed by atoms with Gasteiger partial charge in [0.25, 0.3) is 0 Å². The van der Waals surface area contributed by atoms with Gasteiger partial charge in [-0.25, -0.2) is 0 Å². The molecule has 0 N–H and O–H groups in total. The van der Waals surface area contributed by atoms with Gasteiger partial charge in [-0.3, -0.25) is 4.90 Å². The molecule has 1 aliphatic heterocycles. The lowest BCUT2D eigenvalue weighted by atomic mass is 9.90. The van der Waals surface area contributed by atoms with Crippen molar-refractivity contribution in [3.05, 3.63) is 185 Å². The minimum absolute atomic E-state index is 0.0213. The molecule has 0 saturated heterocycles. The summed E-state index contributed by atoms with van der Waals surface area (Å²) in [4.78, 5) is 2.62. The van der Waals surface area contributed by atoms with E-state index in [4.69, 9.17) is 0 Å². The van der Waals surface area contributed by atoms with Crippen molar-refractivity contribution in [1.29, 1.82) is 0 Å². The Hall–Kier alpha value is -4.64. The SMILES string of the molecule is C(#Cc1ccccc1)C1=C(c2ccccc2)[C@@H](c2ccccc2)N(Cc2ccccc2)[C@H]1c1ccccc1. The van der Waals surface area contributed by atoms with Gasteiger partial charge in [-0.15, -0.1) is 0 Å². The number of hydrogen-bond acceptors (Lipinski definition) is 1. The molecule has 0 spiro atoms. The van der Waals surface area contributed by atoms with E-state index in [1.165, 1.54) is 27.8 Å². The van der Waals surface area contributed by atoms with Crippen molar-refractivity contribution in [3.63, 3.8) is 0 Å². The van der Waals surface area contributed by atoms with Crippen LogP contribution < -0.4 is 0 Å². The molecule has 0 radical (unpaired) electrons. The summed E-state index contributed by atoms with van der Waals surface area (Å²) in [5, 5.41) is 0. The first-order valence-electron chi connectivity index (χ1n) is 13.1. The van der Waals surface area contributed by atoms with Crippen LogP contribution in [0.1, 0.15) is 39.9 Å². The van der Waals surface area contributed by atoms with Crippen molar-refractivity contribution in [2.45, 2.75) is 18.6 Å².